The first-order valence-electron chi connectivity index (χ1n) is 15.8. The molecule has 3 aromatic rings. The number of urea groups is 1. The van der Waals surface area contributed by atoms with Crippen LogP contribution in [0.25, 0.3) is 0 Å². The molecule has 1 aliphatic carbocycles. The summed E-state index contributed by atoms with van der Waals surface area (Å²) in [4.78, 5) is 44.4. The van der Waals surface area contributed by atoms with Crippen LogP contribution in [-0.4, -0.2) is 83.7 Å². The number of benzene rings is 2. The monoisotopic (exact) mass is 612 g/mol. The Morgan fingerprint density at radius 1 is 1.04 bits per heavy atom. The Bertz CT molecular complexity index is 1590. The van der Waals surface area contributed by atoms with Crippen LogP contribution < -0.4 is 20.9 Å². The van der Waals surface area contributed by atoms with E-state index >= 15 is 0 Å². The first-order valence-corrected chi connectivity index (χ1v) is 15.8. The Morgan fingerprint density at radius 3 is 2.38 bits per heavy atom. The van der Waals surface area contributed by atoms with Gasteiger partial charge in [-0.3, -0.25) is 14.3 Å². The molecule has 4 amide bonds. The molecule has 2 aliphatic heterocycles. The molecule has 6 rings (SSSR count). The summed E-state index contributed by atoms with van der Waals surface area (Å²) in [5, 5.41) is 14.3. The number of aromatic nitrogens is 2. The van der Waals surface area contributed by atoms with E-state index in [-0.39, 0.29) is 35.3 Å². The molecule has 11 heteroatoms. The van der Waals surface area contributed by atoms with Crippen molar-refractivity contribution in [2.75, 3.05) is 51.0 Å². The average Bonchev–Trinajstić information content (AvgIpc) is 3.37. The number of amides is 4. The molecule has 0 radical (unpaired) electrons. The molecule has 1 aromatic heterocycles. The lowest BCUT2D eigenvalue weighted by atomic mass is 9.95. The summed E-state index contributed by atoms with van der Waals surface area (Å²) in [6, 6.07) is 15.3. The van der Waals surface area contributed by atoms with Crippen LogP contribution in [-0.2, 0) is 13.1 Å². The third kappa shape index (κ3) is 5.88. The van der Waals surface area contributed by atoms with Crippen LogP contribution in [0.2, 0.25) is 0 Å². The summed E-state index contributed by atoms with van der Waals surface area (Å²) in [6.45, 7) is 9.54. The van der Waals surface area contributed by atoms with E-state index in [1.54, 1.807) is 19.0 Å². The Balaban J connectivity index is 1.11. The van der Waals surface area contributed by atoms with Crippen molar-refractivity contribution < 1.29 is 14.4 Å². The van der Waals surface area contributed by atoms with Crippen LogP contribution in [0.4, 0.5) is 16.2 Å². The van der Waals surface area contributed by atoms with Crippen molar-refractivity contribution in [2.45, 2.75) is 57.8 Å². The molecule has 0 unspecified atom stereocenters. The third-order valence-corrected chi connectivity index (χ3v) is 9.54. The van der Waals surface area contributed by atoms with E-state index in [2.05, 4.69) is 41.6 Å². The minimum atomic E-state index is -0.213. The lowest BCUT2D eigenvalue weighted by Gasteiger charge is -2.34. The Labute approximate surface area is 264 Å². The van der Waals surface area contributed by atoms with Crippen molar-refractivity contribution in [1.82, 2.24) is 30.2 Å². The number of hydrogen-bond acceptors (Lipinski definition) is 6. The highest BCUT2D eigenvalue weighted by atomic mass is 16.2. The van der Waals surface area contributed by atoms with Crippen molar-refractivity contribution in [3.63, 3.8) is 0 Å². The number of hydrogen-bond donors (Lipinski definition) is 3. The molecule has 2 aromatic carbocycles. The lowest BCUT2D eigenvalue weighted by molar-refractivity contribution is 0.0827. The fourth-order valence-electron chi connectivity index (χ4n) is 6.88. The lowest BCUT2D eigenvalue weighted by Crippen LogP contribution is -2.40. The molecule has 3 atom stereocenters. The van der Waals surface area contributed by atoms with Gasteiger partial charge in [0.05, 0.1) is 0 Å². The van der Waals surface area contributed by atoms with Gasteiger partial charge in [-0.25, -0.2) is 4.79 Å². The number of carbonyl (C=O) groups is 3. The van der Waals surface area contributed by atoms with Crippen molar-refractivity contribution in [3.8, 4) is 0 Å². The maximum Gasteiger partial charge on any atom is 0.321 e. The molecule has 45 heavy (non-hydrogen) atoms. The van der Waals surface area contributed by atoms with E-state index in [1.165, 1.54) is 0 Å². The van der Waals surface area contributed by atoms with E-state index in [9.17, 15) is 14.4 Å². The molecule has 3 aliphatic rings. The molecule has 2 fully saturated rings. The summed E-state index contributed by atoms with van der Waals surface area (Å²) >= 11 is 0. The van der Waals surface area contributed by atoms with Gasteiger partial charge in [0.25, 0.3) is 11.8 Å². The van der Waals surface area contributed by atoms with Gasteiger partial charge < -0.3 is 30.7 Å². The second-order valence-corrected chi connectivity index (χ2v) is 13.3. The number of anilines is 2. The zero-order valence-electron chi connectivity index (χ0n) is 27.1. The highest BCUT2D eigenvalue weighted by Crippen LogP contribution is 2.49. The predicted molar refractivity (Wildman–Crippen MR) is 175 cm³/mol. The number of likely N-dealkylation sites (tertiary alicyclic amines) is 1. The number of likely N-dealkylation sites (N-methyl/N-ethyl adjacent to an activating group) is 1. The molecular weight excluding hydrogens is 568 g/mol. The van der Waals surface area contributed by atoms with E-state index in [0.717, 1.165) is 54.3 Å². The normalized spacial score (nSPS) is 21.8. The van der Waals surface area contributed by atoms with Crippen LogP contribution in [0, 0.1) is 5.92 Å². The molecule has 3 heterocycles. The van der Waals surface area contributed by atoms with Gasteiger partial charge in [-0.1, -0.05) is 19.1 Å². The predicted octanol–water partition coefficient (Wildman–Crippen LogP) is 4.05. The quantitative estimate of drug-likeness (QED) is 0.354. The fraction of sp³-hybridized carbons (Fsp3) is 0.471. The molecule has 238 valence electrons. The number of fused-ring (bicyclic) bond motifs is 2. The van der Waals surface area contributed by atoms with E-state index < -0.39 is 0 Å². The van der Waals surface area contributed by atoms with E-state index in [0.29, 0.717) is 30.3 Å². The van der Waals surface area contributed by atoms with E-state index in [1.807, 2.05) is 65.2 Å². The fourth-order valence-corrected chi connectivity index (χ4v) is 6.88. The molecule has 0 bridgehead atoms. The smallest absolute Gasteiger partial charge is 0.321 e. The molecule has 11 nitrogen and oxygen atoms in total. The van der Waals surface area contributed by atoms with Gasteiger partial charge in [0, 0.05) is 92.5 Å². The van der Waals surface area contributed by atoms with Gasteiger partial charge in [0.2, 0.25) is 0 Å². The zero-order chi connectivity index (χ0) is 32.0. The molecule has 1 saturated carbocycles. The van der Waals surface area contributed by atoms with Crippen molar-refractivity contribution >= 4 is 29.2 Å². The maximum absolute atomic E-state index is 13.6. The Kier molecular flexibility index (Phi) is 8.07. The van der Waals surface area contributed by atoms with Crippen LogP contribution in [0.5, 0.6) is 0 Å². The first kappa shape index (κ1) is 30.6. The second-order valence-electron chi connectivity index (χ2n) is 13.3. The van der Waals surface area contributed by atoms with Crippen LogP contribution >= 0.6 is 0 Å². The Morgan fingerprint density at radius 2 is 1.76 bits per heavy atom. The van der Waals surface area contributed by atoms with Crippen LogP contribution in [0.1, 0.15) is 76.8 Å². The van der Waals surface area contributed by atoms with Gasteiger partial charge in [-0.15, -0.1) is 0 Å². The largest absolute Gasteiger partial charge is 0.366 e. The summed E-state index contributed by atoms with van der Waals surface area (Å²) in [6.07, 6.45) is 1.14. The summed E-state index contributed by atoms with van der Waals surface area (Å²) in [5.41, 5.74) is 5.89. The van der Waals surface area contributed by atoms with Gasteiger partial charge in [-0.05, 0) is 75.2 Å². The molecule has 1 saturated heterocycles. The molecule has 0 spiro atoms. The van der Waals surface area contributed by atoms with Crippen LogP contribution in [0.15, 0.2) is 48.5 Å². The molecular formula is C34H44N8O3. The first-order chi connectivity index (χ1) is 21.5. The second kappa shape index (κ2) is 11.8. The highest BCUT2D eigenvalue weighted by Gasteiger charge is 2.60. The van der Waals surface area contributed by atoms with Gasteiger partial charge in [0.1, 0.15) is 0 Å². The van der Waals surface area contributed by atoms with Gasteiger partial charge in [-0.2, -0.15) is 5.10 Å². The van der Waals surface area contributed by atoms with Crippen molar-refractivity contribution in [1.29, 1.82) is 0 Å². The molecule has 3 N–H and O–H groups in total. The minimum absolute atomic E-state index is 0.0339. The summed E-state index contributed by atoms with van der Waals surface area (Å²) in [5.74, 6) is 0.462. The standard InChI is InChI=1S/C34H44N8O3/c1-21(2)42-30-22(3)17-40(27-13-9-24(10-14-27)32(44)39(5)6)19-28(30)29(38-42)31(43)36-16-23-7-11-26(12-8-23)37-33(45)41-18-25-15-34(25,20-41)35-4/h7-14,21-22,25,35H,15-20H2,1-6H3,(H,36,43)(H,37,45)/t22-,25-,34-/m0/s1. The number of nitrogens with one attached hydrogen (secondary N) is 3. The number of carbonyl (C=O) groups excluding carboxylic acids is 3. The SMILES string of the molecule is CN[C@]12C[C@H]1CN(C(=O)Nc1ccc(CNC(=O)c3nn(C(C)C)c4c3CN(c3ccc(C(=O)N(C)C)cc3)C[C@@H]4C)cc1)C2. The third-order valence-electron chi connectivity index (χ3n) is 9.54. The number of nitrogens with zero attached hydrogens (tertiary/aromatic N) is 5. The maximum atomic E-state index is 13.6. The zero-order valence-corrected chi connectivity index (χ0v) is 27.1. The summed E-state index contributed by atoms with van der Waals surface area (Å²) < 4.78 is 1.99. The van der Waals surface area contributed by atoms with Crippen molar-refractivity contribution in [2.24, 2.45) is 5.92 Å². The topological polar surface area (TPSA) is 115 Å². The van der Waals surface area contributed by atoms with E-state index in [4.69, 9.17) is 5.10 Å². The van der Waals surface area contributed by atoms with Gasteiger partial charge >= 0.3 is 6.03 Å². The highest BCUT2D eigenvalue weighted by molar-refractivity contribution is 5.95. The average molecular weight is 613 g/mol. The summed E-state index contributed by atoms with van der Waals surface area (Å²) in [7, 11) is 5.46. The number of piperidine rings is 1. The number of rotatable bonds is 8. The minimum Gasteiger partial charge on any atom is -0.366 e. The Hall–Kier alpha value is -4.38. The van der Waals surface area contributed by atoms with Crippen LogP contribution in [0.3, 0.4) is 0 Å². The van der Waals surface area contributed by atoms with Crippen molar-refractivity contribution in [3.05, 3.63) is 76.6 Å². The van der Waals surface area contributed by atoms with Gasteiger partial charge in [0.15, 0.2) is 5.69 Å².